The minimum atomic E-state index is 0.481. The second kappa shape index (κ2) is 10.9. The Morgan fingerprint density at radius 2 is 1.34 bits per heavy atom. The Labute approximate surface area is 212 Å². The number of halogens is 3. The van der Waals surface area contributed by atoms with Crippen molar-refractivity contribution in [3.63, 3.8) is 0 Å². The van der Waals surface area contributed by atoms with Crippen LogP contribution in [0.15, 0.2) is 109 Å². The maximum absolute atomic E-state index is 6.01. The molecule has 0 atom stereocenters. The highest BCUT2D eigenvalue weighted by molar-refractivity contribution is 9.11. The van der Waals surface area contributed by atoms with Crippen molar-refractivity contribution in [3.8, 4) is 17.2 Å². The quantitative estimate of drug-likeness (QED) is 0.194. The van der Waals surface area contributed by atoms with E-state index in [1.807, 2.05) is 97.2 Å². The fourth-order valence-corrected chi connectivity index (χ4v) is 4.62. The Morgan fingerprint density at radius 1 is 0.719 bits per heavy atom. The molecule has 0 unspecified atom stereocenters. The average Bonchev–Trinajstić information content (AvgIpc) is 2.80. The van der Waals surface area contributed by atoms with Gasteiger partial charge in [-0.3, -0.25) is 4.99 Å². The molecule has 160 valence electrons. The second-order valence-electron chi connectivity index (χ2n) is 6.90. The lowest BCUT2D eigenvalue weighted by molar-refractivity contribution is 0.302. The van der Waals surface area contributed by atoms with Crippen LogP contribution in [0.3, 0.4) is 0 Å². The van der Waals surface area contributed by atoms with Gasteiger partial charge in [-0.2, -0.15) is 0 Å². The fourth-order valence-electron chi connectivity index (χ4n) is 2.90. The average molecular weight is 616 g/mol. The van der Waals surface area contributed by atoms with Crippen molar-refractivity contribution in [2.45, 2.75) is 6.61 Å². The molecule has 0 heterocycles. The van der Waals surface area contributed by atoms with Gasteiger partial charge in [-0.1, -0.05) is 46.3 Å². The molecule has 0 amide bonds. The third kappa shape index (κ3) is 6.31. The molecule has 0 radical (unpaired) electrons. The highest BCUT2D eigenvalue weighted by Gasteiger charge is 2.09. The minimum absolute atomic E-state index is 0.481. The molecule has 0 aliphatic rings. The summed E-state index contributed by atoms with van der Waals surface area (Å²) in [4.78, 5) is 4.57. The van der Waals surface area contributed by atoms with Crippen LogP contribution in [-0.2, 0) is 6.61 Å². The summed E-state index contributed by atoms with van der Waals surface area (Å²) >= 11 is 10.7. The van der Waals surface area contributed by atoms with E-state index in [1.54, 1.807) is 0 Å². The first-order chi connectivity index (χ1) is 15.6. The summed E-state index contributed by atoms with van der Waals surface area (Å²) in [6, 6.07) is 29.4. The molecule has 3 nitrogen and oxygen atoms in total. The normalized spacial score (nSPS) is 11.0. The summed E-state index contributed by atoms with van der Waals surface area (Å²) in [5, 5.41) is 0. The Hall–Kier alpha value is -2.41. The maximum atomic E-state index is 6.01. The van der Waals surface area contributed by atoms with Crippen LogP contribution in [0.5, 0.6) is 17.2 Å². The molecule has 4 aromatic rings. The van der Waals surface area contributed by atoms with Crippen LogP contribution in [0.1, 0.15) is 11.1 Å². The number of hydrogen-bond acceptors (Lipinski definition) is 3. The van der Waals surface area contributed by atoms with Gasteiger partial charge in [0.2, 0.25) is 0 Å². The largest absolute Gasteiger partial charge is 0.487 e. The molecule has 4 rings (SSSR count). The minimum Gasteiger partial charge on any atom is -0.487 e. The summed E-state index contributed by atoms with van der Waals surface area (Å²) < 4.78 is 14.6. The lowest BCUT2D eigenvalue weighted by Crippen LogP contribution is -1.97. The van der Waals surface area contributed by atoms with E-state index in [4.69, 9.17) is 9.47 Å². The van der Waals surface area contributed by atoms with Crippen molar-refractivity contribution in [1.29, 1.82) is 0 Å². The number of aliphatic imine (C=N–C) groups is 1. The van der Waals surface area contributed by atoms with Crippen LogP contribution >= 0.6 is 47.8 Å². The van der Waals surface area contributed by atoms with Gasteiger partial charge in [-0.15, -0.1) is 0 Å². The number of rotatable bonds is 7. The third-order valence-electron chi connectivity index (χ3n) is 4.50. The van der Waals surface area contributed by atoms with Gasteiger partial charge >= 0.3 is 0 Å². The number of benzene rings is 4. The van der Waals surface area contributed by atoms with E-state index in [-0.39, 0.29) is 0 Å². The molecule has 0 fully saturated rings. The molecule has 0 saturated heterocycles. The van der Waals surface area contributed by atoms with Crippen molar-refractivity contribution in [3.05, 3.63) is 116 Å². The van der Waals surface area contributed by atoms with Gasteiger partial charge in [-0.05, 0) is 104 Å². The summed E-state index contributed by atoms with van der Waals surface area (Å²) in [5.41, 5.74) is 2.88. The molecule has 0 spiro atoms. The monoisotopic (exact) mass is 613 g/mol. The second-order valence-corrected chi connectivity index (χ2v) is 9.52. The molecule has 0 N–H and O–H groups in total. The standard InChI is InChI=1S/C26H18Br3NO2/c27-20-8-6-18(7-9-20)17-31-26-24(28)14-19(15-25(26)29)16-30-21-10-12-23(13-11-21)32-22-4-2-1-3-5-22/h1-16H,17H2. The first-order valence-electron chi connectivity index (χ1n) is 9.80. The van der Waals surface area contributed by atoms with E-state index in [2.05, 4.69) is 52.8 Å². The number of para-hydroxylation sites is 1. The van der Waals surface area contributed by atoms with E-state index in [0.717, 1.165) is 47.5 Å². The topological polar surface area (TPSA) is 30.8 Å². The Balaban J connectivity index is 1.41. The predicted molar refractivity (Wildman–Crippen MR) is 141 cm³/mol. The van der Waals surface area contributed by atoms with Gasteiger partial charge in [0.05, 0.1) is 14.6 Å². The zero-order valence-electron chi connectivity index (χ0n) is 16.8. The summed E-state index contributed by atoms with van der Waals surface area (Å²) in [6.07, 6.45) is 1.82. The number of ether oxygens (including phenoxy) is 2. The van der Waals surface area contributed by atoms with Gasteiger partial charge in [0.25, 0.3) is 0 Å². The Kier molecular flexibility index (Phi) is 7.79. The van der Waals surface area contributed by atoms with Crippen LogP contribution in [0, 0.1) is 0 Å². The van der Waals surface area contributed by atoms with E-state index >= 15 is 0 Å². The molecule has 0 saturated carbocycles. The zero-order chi connectivity index (χ0) is 22.3. The van der Waals surface area contributed by atoms with E-state index in [9.17, 15) is 0 Å². The molecule has 4 aromatic carbocycles. The van der Waals surface area contributed by atoms with Crippen molar-refractivity contribution in [2.24, 2.45) is 4.99 Å². The molecule has 0 aromatic heterocycles. The van der Waals surface area contributed by atoms with E-state index < -0.39 is 0 Å². The highest BCUT2D eigenvalue weighted by atomic mass is 79.9. The number of hydrogen-bond donors (Lipinski definition) is 0. The van der Waals surface area contributed by atoms with E-state index in [0.29, 0.717) is 6.61 Å². The smallest absolute Gasteiger partial charge is 0.148 e. The predicted octanol–water partition coefficient (Wildman–Crippen LogP) is 9.10. The van der Waals surface area contributed by atoms with Gasteiger partial charge in [0, 0.05) is 10.7 Å². The van der Waals surface area contributed by atoms with Gasteiger partial charge in [0.15, 0.2) is 0 Å². The summed E-state index contributed by atoms with van der Waals surface area (Å²) in [7, 11) is 0. The fraction of sp³-hybridized carbons (Fsp3) is 0.0385. The molecule has 0 aliphatic heterocycles. The van der Waals surface area contributed by atoms with Crippen LogP contribution in [0.25, 0.3) is 0 Å². The summed E-state index contributed by atoms with van der Waals surface area (Å²) in [5.74, 6) is 2.33. The van der Waals surface area contributed by atoms with Gasteiger partial charge in [-0.25, -0.2) is 0 Å². The molecule has 0 aliphatic carbocycles. The number of nitrogens with zero attached hydrogens (tertiary/aromatic N) is 1. The van der Waals surface area contributed by atoms with Crippen LogP contribution in [0.4, 0.5) is 5.69 Å². The van der Waals surface area contributed by atoms with Gasteiger partial charge < -0.3 is 9.47 Å². The summed E-state index contributed by atoms with van der Waals surface area (Å²) in [6.45, 7) is 0.481. The molecule has 0 bridgehead atoms. The van der Waals surface area contributed by atoms with Crippen molar-refractivity contribution >= 4 is 59.7 Å². The molecule has 32 heavy (non-hydrogen) atoms. The zero-order valence-corrected chi connectivity index (χ0v) is 21.6. The van der Waals surface area contributed by atoms with E-state index in [1.165, 1.54) is 0 Å². The maximum Gasteiger partial charge on any atom is 0.148 e. The van der Waals surface area contributed by atoms with Crippen LogP contribution < -0.4 is 9.47 Å². The third-order valence-corrected chi connectivity index (χ3v) is 6.20. The van der Waals surface area contributed by atoms with Crippen molar-refractivity contribution < 1.29 is 9.47 Å². The first kappa shape index (κ1) is 22.8. The lowest BCUT2D eigenvalue weighted by atomic mass is 10.2. The molecular weight excluding hydrogens is 598 g/mol. The van der Waals surface area contributed by atoms with Crippen molar-refractivity contribution in [1.82, 2.24) is 0 Å². The first-order valence-corrected chi connectivity index (χ1v) is 12.2. The molecular formula is C26H18Br3NO2. The highest BCUT2D eigenvalue weighted by Crippen LogP contribution is 2.35. The van der Waals surface area contributed by atoms with Crippen LogP contribution in [-0.4, -0.2) is 6.21 Å². The SMILES string of the molecule is Brc1ccc(COc2c(Br)cc(C=Nc3ccc(Oc4ccccc4)cc3)cc2Br)cc1. The van der Waals surface area contributed by atoms with Gasteiger partial charge in [0.1, 0.15) is 23.9 Å². The van der Waals surface area contributed by atoms with Crippen LogP contribution in [0.2, 0.25) is 0 Å². The Morgan fingerprint density at radius 3 is 2.00 bits per heavy atom. The molecule has 6 heteroatoms. The Bertz CT molecular complexity index is 1190. The lowest BCUT2D eigenvalue weighted by Gasteiger charge is -2.11. The van der Waals surface area contributed by atoms with Crippen molar-refractivity contribution in [2.75, 3.05) is 0 Å².